The zero-order chi connectivity index (χ0) is 23.4. The molecule has 1 aliphatic rings. The Hall–Kier alpha value is -3.17. The van der Waals surface area contributed by atoms with Gasteiger partial charge < -0.3 is 21.3 Å². The summed E-state index contributed by atoms with van der Waals surface area (Å²) in [4.78, 5) is 14.9. The van der Waals surface area contributed by atoms with E-state index in [-0.39, 0.29) is 17.2 Å². The number of benzene rings is 2. The van der Waals surface area contributed by atoms with Gasteiger partial charge in [0.05, 0.1) is 0 Å². The van der Waals surface area contributed by atoms with Crippen molar-refractivity contribution in [1.82, 2.24) is 20.0 Å². The molecule has 0 saturated carbocycles. The van der Waals surface area contributed by atoms with Crippen molar-refractivity contribution in [3.8, 4) is 16.9 Å². The summed E-state index contributed by atoms with van der Waals surface area (Å²) in [5.74, 6) is -1.37. The van der Waals surface area contributed by atoms with E-state index in [0.29, 0.717) is 22.8 Å². The molecule has 0 unspecified atom stereocenters. The number of urea groups is 1. The lowest BCUT2D eigenvalue weighted by molar-refractivity contribution is 0.224. The van der Waals surface area contributed by atoms with Gasteiger partial charge in [-0.3, -0.25) is 0 Å². The second-order valence-corrected chi connectivity index (χ2v) is 8.34. The third kappa shape index (κ3) is 5.43. The van der Waals surface area contributed by atoms with Crippen molar-refractivity contribution in [3.05, 3.63) is 59.1 Å². The molecule has 0 spiro atoms. The predicted molar refractivity (Wildman–Crippen MR) is 126 cm³/mol. The van der Waals surface area contributed by atoms with Crippen molar-refractivity contribution in [3.63, 3.8) is 0 Å². The van der Waals surface area contributed by atoms with Crippen molar-refractivity contribution in [1.29, 1.82) is 0 Å². The highest BCUT2D eigenvalue weighted by atomic mass is 35.5. The van der Waals surface area contributed by atoms with Crippen LogP contribution in [0.15, 0.2) is 42.5 Å². The molecule has 0 atom stereocenters. The molecule has 174 valence electrons. The van der Waals surface area contributed by atoms with Gasteiger partial charge in [-0.05, 0) is 50.2 Å². The fourth-order valence-electron chi connectivity index (χ4n) is 3.86. The minimum Gasteiger partial charge on any atom is -0.382 e. The molecule has 1 aliphatic heterocycles. The summed E-state index contributed by atoms with van der Waals surface area (Å²) < 4.78 is 29.3. The SMILES string of the molecule is Nc1c(NC(=O)NCCN2CCCCC2)c(-c2ccc(Cl)cc2)nn1-c1cc(F)ccc1F. The van der Waals surface area contributed by atoms with Gasteiger partial charge in [-0.15, -0.1) is 0 Å². The third-order valence-corrected chi connectivity index (χ3v) is 5.83. The van der Waals surface area contributed by atoms with Crippen LogP contribution in [0.1, 0.15) is 19.3 Å². The lowest BCUT2D eigenvalue weighted by atomic mass is 10.1. The lowest BCUT2D eigenvalue weighted by Crippen LogP contribution is -2.39. The first kappa shape index (κ1) is 23.0. The smallest absolute Gasteiger partial charge is 0.319 e. The number of likely N-dealkylation sites (tertiary alicyclic amines) is 1. The number of carbonyl (C=O) groups is 1. The van der Waals surface area contributed by atoms with Crippen molar-refractivity contribution in [2.45, 2.75) is 19.3 Å². The fourth-order valence-corrected chi connectivity index (χ4v) is 3.99. The van der Waals surface area contributed by atoms with E-state index in [0.717, 1.165) is 42.5 Å². The van der Waals surface area contributed by atoms with Gasteiger partial charge in [-0.2, -0.15) is 5.10 Å². The van der Waals surface area contributed by atoms with E-state index < -0.39 is 17.7 Å². The highest BCUT2D eigenvalue weighted by molar-refractivity contribution is 6.30. The molecule has 1 fully saturated rings. The number of carbonyl (C=O) groups excluding carboxylic acids is 1. The summed E-state index contributed by atoms with van der Waals surface area (Å²) in [5, 5.41) is 10.5. The molecular formula is C23H25ClF2N6O. The second-order valence-electron chi connectivity index (χ2n) is 7.91. The van der Waals surface area contributed by atoms with E-state index in [9.17, 15) is 13.6 Å². The van der Waals surface area contributed by atoms with E-state index in [1.165, 1.54) is 19.3 Å². The molecule has 2 heterocycles. The number of aromatic nitrogens is 2. The maximum absolute atomic E-state index is 14.4. The fraction of sp³-hybridized carbons (Fsp3) is 0.304. The highest BCUT2D eigenvalue weighted by Gasteiger charge is 2.22. The summed E-state index contributed by atoms with van der Waals surface area (Å²) in [6.45, 7) is 3.28. The Morgan fingerprint density at radius 1 is 1.09 bits per heavy atom. The van der Waals surface area contributed by atoms with Gasteiger partial charge in [0, 0.05) is 29.7 Å². The molecule has 0 radical (unpaired) electrons. The number of anilines is 2. The summed E-state index contributed by atoms with van der Waals surface area (Å²) in [7, 11) is 0. The van der Waals surface area contributed by atoms with E-state index in [2.05, 4.69) is 20.6 Å². The van der Waals surface area contributed by atoms with E-state index >= 15 is 0 Å². The van der Waals surface area contributed by atoms with Crippen molar-refractivity contribution in [2.75, 3.05) is 37.2 Å². The van der Waals surface area contributed by atoms with Crippen LogP contribution < -0.4 is 16.4 Å². The summed E-state index contributed by atoms with van der Waals surface area (Å²) >= 11 is 5.99. The maximum Gasteiger partial charge on any atom is 0.319 e. The molecule has 10 heteroatoms. The van der Waals surface area contributed by atoms with Gasteiger partial charge in [-0.25, -0.2) is 18.3 Å². The quantitative estimate of drug-likeness (QED) is 0.485. The Morgan fingerprint density at radius 2 is 1.82 bits per heavy atom. The molecule has 2 aromatic carbocycles. The Labute approximate surface area is 195 Å². The molecule has 0 aliphatic carbocycles. The minimum atomic E-state index is -0.703. The molecule has 3 aromatic rings. The number of hydrogen-bond acceptors (Lipinski definition) is 4. The topological polar surface area (TPSA) is 88.2 Å². The molecule has 4 N–H and O–H groups in total. The number of nitrogens with zero attached hydrogens (tertiary/aromatic N) is 3. The Balaban J connectivity index is 1.59. The molecule has 0 bridgehead atoms. The Kier molecular flexibility index (Phi) is 7.10. The largest absolute Gasteiger partial charge is 0.382 e. The highest BCUT2D eigenvalue weighted by Crippen LogP contribution is 2.35. The van der Waals surface area contributed by atoms with Gasteiger partial charge in [0.15, 0.2) is 5.82 Å². The number of nitrogen functional groups attached to an aromatic ring is 1. The Bertz CT molecular complexity index is 1130. The van der Waals surface area contributed by atoms with Crippen LogP contribution in [0, 0.1) is 11.6 Å². The van der Waals surface area contributed by atoms with Crippen LogP contribution in [0.5, 0.6) is 0 Å². The van der Waals surface area contributed by atoms with E-state index in [1.54, 1.807) is 24.3 Å². The molecule has 1 aromatic heterocycles. The number of nitrogens with one attached hydrogen (secondary N) is 2. The van der Waals surface area contributed by atoms with Crippen LogP contribution in [-0.4, -0.2) is 46.9 Å². The van der Waals surface area contributed by atoms with Crippen LogP contribution in [0.2, 0.25) is 5.02 Å². The predicted octanol–water partition coefficient (Wildman–Crippen LogP) is 4.66. The van der Waals surface area contributed by atoms with Crippen LogP contribution in [-0.2, 0) is 0 Å². The van der Waals surface area contributed by atoms with Crippen LogP contribution in [0.4, 0.5) is 25.1 Å². The normalized spacial score (nSPS) is 14.3. The van der Waals surface area contributed by atoms with Gasteiger partial charge in [0.1, 0.15) is 28.7 Å². The maximum atomic E-state index is 14.4. The monoisotopic (exact) mass is 474 g/mol. The van der Waals surface area contributed by atoms with Gasteiger partial charge in [-0.1, -0.05) is 30.2 Å². The van der Waals surface area contributed by atoms with Crippen molar-refractivity contribution in [2.24, 2.45) is 0 Å². The minimum absolute atomic E-state index is 0.0318. The van der Waals surface area contributed by atoms with Gasteiger partial charge in [0.2, 0.25) is 0 Å². The number of hydrogen-bond donors (Lipinski definition) is 3. The zero-order valence-corrected chi connectivity index (χ0v) is 18.7. The van der Waals surface area contributed by atoms with Crippen LogP contribution in [0.3, 0.4) is 0 Å². The first-order valence-corrected chi connectivity index (χ1v) is 11.2. The first-order valence-electron chi connectivity index (χ1n) is 10.8. The van der Waals surface area contributed by atoms with E-state index in [4.69, 9.17) is 17.3 Å². The van der Waals surface area contributed by atoms with Gasteiger partial charge >= 0.3 is 6.03 Å². The lowest BCUT2D eigenvalue weighted by Gasteiger charge is -2.26. The number of piperidine rings is 1. The number of amides is 2. The molecule has 33 heavy (non-hydrogen) atoms. The molecule has 1 saturated heterocycles. The summed E-state index contributed by atoms with van der Waals surface area (Å²) in [6.07, 6.45) is 3.58. The standard InChI is InChI=1S/C23H25ClF2N6O/c24-16-6-4-15(5-7-16)20-21(29-23(33)28-10-13-31-11-2-1-3-12-31)22(27)32(30-20)19-14-17(25)8-9-18(19)26/h4-9,14H,1-3,10-13,27H2,(H2,28,29,33). The second kappa shape index (κ2) is 10.2. The number of halogens is 3. The van der Waals surface area contributed by atoms with Crippen molar-refractivity contribution < 1.29 is 13.6 Å². The zero-order valence-electron chi connectivity index (χ0n) is 18.0. The number of rotatable bonds is 6. The molecule has 4 rings (SSSR count). The van der Waals surface area contributed by atoms with Gasteiger partial charge in [0.25, 0.3) is 0 Å². The molecule has 7 nitrogen and oxygen atoms in total. The van der Waals surface area contributed by atoms with Crippen LogP contribution in [0.25, 0.3) is 16.9 Å². The molecule has 2 amide bonds. The molecular weight excluding hydrogens is 450 g/mol. The summed E-state index contributed by atoms with van der Waals surface area (Å²) in [5.41, 5.74) is 7.18. The van der Waals surface area contributed by atoms with Crippen LogP contribution >= 0.6 is 11.6 Å². The first-order chi connectivity index (χ1) is 15.9. The number of nitrogens with two attached hydrogens (primary N) is 1. The van der Waals surface area contributed by atoms with Crippen molar-refractivity contribution >= 4 is 29.1 Å². The Morgan fingerprint density at radius 3 is 2.55 bits per heavy atom. The average molecular weight is 475 g/mol. The third-order valence-electron chi connectivity index (χ3n) is 5.58. The summed E-state index contributed by atoms with van der Waals surface area (Å²) in [6, 6.07) is 9.27. The average Bonchev–Trinajstić information content (AvgIpc) is 3.12. The van der Waals surface area contributed by atoms with E-state index in [1.807, 2.05) is 0 Å².